The minimum Gasteiger partial charge on any atom is -0.350 e. The summed E-state index contributed by atoms with van der Waals surface area (Å²) >= 11 is 0. The highest BCUT2D eigenvalue weighted by Crippen LogP contribution is 2.05. The smallest absolute Gasteiger partial charge is 0.244 e. The molecule has 1 aromatic rings. The minimum absolute atomic E-state index is 0.0275. The van der Waals surface area contributed by atoms with E-state index in [2.05, 4.69) is 17.3 Å². The molecular weight excluding hydrogens is 216 g/mol. The zero-order valence-electron chi connectivity index (χ0n) is 10.6. The summed E-state index contributed by atoms with van der Waals surface area (Å²) < 4.78 is 1.64. The Balaban J connectivity index is 2.46. The van der Waals surface area contributed by atoms with Gasteiger partial charge in [0, 0.05) is 25.0 Å². The van der Waals surface area contributed by atoms with E-state index in [1.807, 2.05) is 6.92 Å². The molecule has 1 amide bonds. The lowest BCUT2D eigenvalue weighted by molar-refractivity contribution is -0.124. The summed E-state index contributed by atoms with van der Waals surface area (Å²) in [5.41, 5.74) is 5.64. The Morgan fingerprint density at radius 2 is 2.35 bits per heavy atom. The molecule has 2 atom stereocenters. The Morgan fingerprint density at radius 3 is 2.88 bits per heavy atom. The van der Waals surface area contributed by atoms with Crippen LogP contribution in [0.2, 0.25) is 0 Å². The van der Waals surface area contributed by atoms with Crippen molar-refractivity contribution < 1.29 is 4.79 Å². The number of nitrogens with zero attached hydrogens (tertiary/aromatic N) is 2. The fraction of sp³-hybridized carbons (Fsp3) is 0.667. The van der Waals surface area contributed by atoms with Crippen LogP contribution in [0.5, 0.6) is 0 Å². The Morgan fingerprint density at radius 1 is 1.59 bits per heavy atom. The fourth-order valence-electron chi connectivity index (χ4n) is 1.65. The molecule has 3 N–H and O–H groups in total. The molecule has 0 aliphatic carbocycles. The van der Waals surface area contributed by atoms with Gasteiger partial charge in [0.05, 0.1) is 0 Å². The number of carbonyl (C=O) groups excluding carboxylic acids is 1. The third-order valence-electron chi connectivity index (χ3n) is 2.84. The molecule has 5 nitrogen and oxygen atoms in total. The molecule has 0 spiro atoms. The summed E-state index contributed by atoms with van der Waals surface area (Å²) in [4.78, 5) is 11.9. The molecule has 0 aliphatic heterocycles. The van der Waals surface area contributed by atoms with Crippen molar-refractivity contribution in [3.05, 3.63) is 18.5 Å². The van der Waals surface area contributed by atoms with Crippen LogP contribution in [-0.2, 0) is 4.79 Å². The first-order chi connectivity index (χ1) is 8.19. The number of carbonyl (C=O) groups is 1. The van der Waals surface area contributed by atoms with Gasteiger partial charge in [-0.15, -0.1) is 0 Å². The van der Waals surface area contributed by atoms with E-state index < -0.39 is 0 Å². The summed E-state index contributed by atoms with van der Waals surface area (Å²) in [7, 11) is 0. The number of nitrogens with one attached hydrogen (secondary N) is 1. The van der Waals surface area contributed by atoms with Crippen LogP contribution in [0.3, 0.4) is 0 Å². The SMILES string of the molecule is CCCCC(CN)NC(=O)C(C)n1cccn1. The Labute approximate surface area is 102 Å². The van der Waals surface area contributed by atoms with E-state index in [0.717, 1.165) is 19.3 Å². The molecule has 1 aromatic heterocycles. The predicted octanol–water partition coefficient (Wildman–Crippen LogP) is 1.08. The van der Waals surface area contributed by atoms with Gasteiger partial charge in [0.25, 0.3) is 0 Å². The average Bonchev–Trinajstić information content (AvgIpc) is 2.86. The van der Waals surface area contributed by atoms with Gasteiger partial charge in [-0.2, -0.15) is 5.10 Å². The number of aromatic nitrogens is 2. The summed E-state index contributed by atoms with van der Waals surface area (Å²) in [6, 6.07) is 1.59. The molecule has 96 valence electrons. The van der Waals surface area contributed by atoms with Gasteiger partial charge in [-0.05, 0) is 19.4 Å². The van der Waals surface area contributed by atoms with Crippen molar-refractivity contribution in [2.75, 3.05) is 6.54 Å². The first-order valence-corrected chi connectivity index (χ1v) is 6.18. The zero-order chi connectivity index (χ0) is 12.7. The Hall–Kier alpha value is -1.36. The molecule has 1 rings (SSSR count). The maximum atomic E-state index is 11.9. The molecule has 5 heteroatoms. The van der Waals surface area contributed by atoms with Gasteiger partial charge in [0.2, 0.25) is 5.91 Å². The van der Waals surface area contributed by atoms with Crippen molar-refractivity contribution in [1.82, 2.24) is 15.1 Å². The van der Waals surface area contributed by atoms with Crippen molar-refractivity contribution >= 4 is 5.91 Å². The first-order valence-electron chi connectivity index (χ1n) is 6.18. The third kappa shape index (κ3) is 4.19. The van der Waals surface area contributed by atoms with Gasteiger partial charge >= 0.3 is 0 Å². The number of amides is 1. The lowest BCUT2D eigenvalue weighted by atomic mass is 10.1. The van der Waals surface area contributed by atoms with Crippen LogP contribution in [0, 0.1) is 0 Å². The van der Waals surface area contributed by atoms with Gasteiger partial charge in [-0.25, -0.2) is 0 Å². The molecular formula is C12H22N4O. The number of unbranched alkanes of at least 4 members (excludes halogenated alkanes) is 1. The lowest BCUT2D eigenvalue weighted by Gasteiger charge is -2.19. The maximum absolute atomic E-state index is 11.9. The van der Waals surface area contributed by atoms with Gasteiger partial charge in [0.15, 0.2) is 0 Å². The highest BCUT2D eigenvalue weighted by atomic mass is 16.2. The number of rotatable bonds is 7. The number of hydrogen-bond acceptors (Lipinski definition) is 3. The van der Waals surface area contributed by atoms with Crippen molar-refractivity contribution in [2.45, 2.75) is 45.2 Å². The van der Waals surface area contributed by atoms with Gasteiger partial charge in [-0.3, -0.25) is 9.48 Å². The summed E-state index contributed by atoms with van der Waals surface area (Å²) in [5, 5.41) is 7.02. The van der Waals surface area contributed by atoms with E-state index in [0.29, 0.717) is 6.54 Å². The van der Waals surface area contributed by atoms with Crippen LogP contribution in [0.4, 0.5) is 0 Å². The van der Waals surface area contributed by atoms with Crippen molar-refractivity contribution in [2.24, 2.45) is 5.73 Å². The van der Waals surface area contributed by atoms with Crippen molar-refractivity contribution in [3.8, 4) is 0 Å². The average molecular weight is 238 g/mol. The topological polar surface area (TPSA) is 72.9 Å². The molecule has 0 saturated carbocycles. The van der Waals surface area contributed by atoms with E-state index in [-0.39, 0.29) is 18.0 Å². The molecule has 0 aliphatic rings. The van der Waals surface area contributed by atoms with Gasteiger partial charge < -0.3 is 11.1 Å². The molecule has 2 unspecified atom stereocenters. The van der Waals surface area contributed by atoms with Crippen molar-refractivity contribution in [3.63, 3.8) is 0 Å². The number of hydrogen-bond donors (Lipinski definition) is 2. The largest absolute Gasteiger partial charge is 0.350 e. The monoisotopic (exact) mass is 238 g/mol. The zero-order valence-corrected chi connectivity index (χ0v) is 10.6. The molecule has 0 aromatic carbocycles. The predicted molar refractivity (Wildman–Crippen MR) is 67.4 cm³/mol. The molecule has 0 saturated heterocycles. The molecule has 0 fully saturated rings. The Bertz CT molecular complexity index is 323. The second-order valence-corrected chi connectivity index (χ2v) is 4.25. The normalized spacial score (nSPS) is 14.3. The van der Waals surface area contributed by atoms with Crippen LogP contribution in [0.25, 0.3) is 0 Å². The van der Waals surface area contributed by atoms with E-state index in [4.69, 9.17) is 5.73 Å². The van der Waals surface area contributed by atoms with E-state index >= 15 is 0 Å². The second kappa shape index (κ2) is 7.06. The lowest BCUT2D eigenvalue weighted by Crippen LogP contribution is -2.43. The highest BCUT2D eigenvalue weighted by Gasteiger charge is 2.17. The van der Waals surface area contributed by atoms with Crippen LogP contribution < -0.4 is 11.1 Å². The second-order valence-electron chi connectivity index (χ2n) is 4.25. The van der Waals surface area contributed by atoms with Gasteiger partial charge in [-0.1, -0.05) is 19.8 Å². The van der Waals surface area contributed by atoms with Crippen molar-refractivity contribution in [1.29, 1.82) is 0 Å². The molecule has 17 heavy (non-hydrogen) atoms. The summed E-state index contributed by atoms with van der Waals surface area (Å²) in [6.07, 6.45) is 6.58. The van der Waals surface area contributed by atoms with Gasteiger partial charge in [0.1, 0.15) is 6.04 Å². The quantitative estimate of drug-likeness (QED) is 0.746. The van der Waals surface area contributed by atoms with Crippen LogP contribution in [0.1, 0.15) is 39.2 Å². The minimum atomic E-state index is -0.291. The summed E-state index contributed by atoms with van der Waals surface area (Å²) in [5.74, 6) is -0.0275. The van der Waals surface area contributed by atoms with E-state index in [1.165, 1.54) is 0 Å². The van der Waals surface area contributed by atoms with Crippen LogP contribution >= 0.6 is 0 Å². The Kier molecular flexibility index (Phi) is 5.69. The first kappa shape index (κ1) is 13.7. The molecule has 0 radical (unpaired) electrons. The van der Waals surface area contributed by atoms with Crippen LogP contribution in [-0.4, -0.2) is 28.3 Å². The van der Waals surface area contributed by atoms with E-state index in [9.17, 15) is 4.79 Å². The van der Waals surface area contributed by atoms with E-state index in [1.54, 1.807) is 23.1 Å². The van der Waals surface area contributed by atoms with Crippen LogP contribution in [0.15, 0.2) is 18.5 Å². The summed E-state index contributed by atoms with van der Waals surface area (Å²) in [6.45, 7) is 4.44. The highest BCUT2D eigenvalue weighted by molar-refractivity contribution is 5.80. The fourth-order valence-corrected chi connectivity index (χ4v) is 1.65. The molecule has 0 bridgehead atoms. The standard InChI is InChI=1S/C12H22N4O/c1-3-4-6-11(9-13)15-12(17)10(2)16-8-5-7-14-16/h5,7-8,10-11H,3-4,6,9,13H2,1-2H3,(H,15,17). The third-order valence-corrected chi connectivity index (χ3v) is 2.84. The molecule has 1 heterocycles. The maximum Gasteiger partial charge on any atom is 0.244 e. The number of nitrogens with two attached hydrogens (primary N) is 1.